The zero-order valence-electron chi connectivity index (χ0n) is 12.1. The predicted molar refractivity (Wildman–Crippen MR) is 82.8 cm³/mol. The molecule has 3 heterocycles. The Labute approximate surface area is 128 Å². The highest BCUT2D eigenvalue weighted by atomic mass is 32.1. The van der Waals surface area contributed by atoms with Crippen molar-refractivity contribution < 1.29 is 4.39 Å². The van der Waals surface area contributed by atoms with E-state index in [9.17, 15) is 4.39 Å². The minimum atomic E-state index is -0.323. The van der Waals surface area contributed by atoms with Crippen molar-refractivity contribution in [2.75, 3.05) is 26.2 Å². The second kappa shape index (κ2) is 6.60. The largest absolute Gasteiger partial charge is 0.314 e. The molecule has 2 aromatic heterocycles. The zero-order valence-corrected chi connectivity index (χ0v) is 12.9. The molecule has 1 N–H and O–H groups in total. The van der Waals surface area contributed by atoms with E-state index >= 15 is 0 Å². The van der Waals surface area contributed by atoms with Crippen LogP contribution in [0.4, 0.5) is 4.39 Å². The van der Waals surface area contributed by atoms with E-state index in [-0.39, 0.29) is 5.82 Å². The summed E-state index contributed by atoms with van der Waals surface area (Å²) in [5, 5.41) is 6.48. The highest BCUT2D eigenvalue weighted by Crippen LogP contribution is 2.30. The Kier molecular flexibility index (Phi) is 4.57. The topological polar surface area (TPSA) is 41.1 Å². The van der Waals surface area contributed by atoms with Gasteiger partial charge in [-0.05, 0) is 12.5 Å². The van der Waals surface area contributed by atoms with Crippen LogP contribution in [0.3, 0.4) is 0 Å². The molecule has 0 amide bonds. The first-order chi connectivity index (χ1) is 10.3. The summed E-state index contributed by atoms with van der Waals surface area (Å²) in [5.74, 6) is -0.323. The summed E-state index contributed by atoms with van der Waals surface area (Å²) in [6, 6.07) is 1.84. The molecule has 0 bridgehead atoms. The van der Waals surface area contributed by atoms with Gasteiger partial charge in [0.1, 0.15) is 10.8 Å². The van der Waals surface area contributed by atoms with Crippen molar-refractivity contribution in [3.05, 3.63) is 34.7 Å². The van der Waals surface area contributed by atoms with Crippen molar-refractivity contribution in [2.24, 2.45) is 0 Å². The highest BCUT2D eigenvalue weighted by molar-refractivity contribution is 7.10. The fourth-order valence-electron chi connectivity index (χ4n) is 2.71. The van der Waals surface area contributed by atoms with E-state index in [1.54, 1.807) is 17.5 Å². The molecule has 21 heavy (non-hydrogen) atoms. The van der Waals surface area contributed by atoms with Gasteiger partial charge in [0.05, 0.1) is 17.9 Å². The number of nitrogens with zero attached hydrogens (tertiary/aromatic N) is 3. The fraction of sp³-hybridized carbons (Fsp3) is 0.467. The lowest BCUT2D eigenvalue weighted by atomic mass is 10.1. The quantitative estimate of drug-likeness (QED) is 0.943. The number of rotatable bonds is 4. The van der Waals surface area contributed by atoms with Crippen LogP contribution in [0.25, 0.3) is 11.3 Å². The Balaban J connectivity index is 1.82. The number of aromatic nitrogens is 2. The van der Waals surface area contributed by atoms with Crippen LogP contribution in [0.1, 0.15) is 24.4 Å². The van der Waals surface area contributed by atoms with Gasteiger partial charge in [0.2, 0.25) is 0 Å². The average molecular weight is 306 g/mol. The van der Waals surface area contributed by atoms with Crippen LogP contribution in [0.5, 0.6) is 0 Å². The maximum Gasteiger partial charge on any atom is 0.142 e. The van der Waals surface area contributed by atoms with Crippen LogP contribution in [0.2, 0.25) is 0 Å². The third-order valence-electron chi connectivity index (χ3n) is 3.79. The van der Waals surface area contributed by atoms with Gasteiger partial charge in [-0.3, -0.25) is 9.88 Å². The van der Waals surface area contributed by atoms with Crippen LogP contribution in [0, 0.1) is 5.82 Å². The van der Waals surface area contributed by atoms with E-state index < -0.39 is 0 Å². The second-order valence-electron chi connectivity index (χ2n) is 5.17. The van der Waals surface area contributed by atoms with Gasteiger partial charge in [-0.25, -0.2) is 9.37 Å². The number of nitrogens with one attached hydrogen (secondary N) is 1. The summed E-state index contributed by atoms with van der Waals surface area (Å²) in [7, 11) is 0. The first-order valence-corrected chi connectivity index (χ1v) is 8.17. The van der Waals surface area contributed by atoms with Crippen LogP contribution in [-0.2, 0) is 0 Å². The van der Waals surface area contributed by atoms with E-state index in [1.165, 1.54) is 12.3 Å². The van der Waals surface area contributed by atoms with E-state index in [2.05, 4.69) is 22.1 Å². The van der Waals surface area contributed by atoms with Gasteiger partial charge in [0.25, 0.3) is 0 Å². The summed E-state index contributed by atoms with van der Waals surface area (Å²) in [5.41, 5.74) is 1.56. The second-order valence-corrected chi connectivity index (χ2v) is 6.06. The number of piperazine rings is 1. The van der Waals surface area contributed by atoms with Crippen molar-refractivity contribution in [2.45, 2.75) is 19.4 Å². The third kappa shape index (κ3) is 3.28. The summed E-state index contributed by atoms with van der Waals surface area (Å²) >= 11 is 1.65. The van der Waals surface area contributed by atoms with Gasteiger partial charge in [0.15, 0.2) is 0 Å². The maximum absolute atomic E-state index is 13.3. The van der Waals surface area contributed by atoms with E-state index in [1.807, 2.05) is 5.38 Å². The van der Waals surface area contributed by atoms with Crippen molar-refractivity contribution in [1.29, 1.82) is 0 Å². The summed E-state index contributed by atoms with van der Waals surface area (Å²) in [6.07, 6.45) is 3.91. The molecule has 4 nitrogen and oxygen atoms in total. The molecular formula is C15H19FN4S. The third-order valence-corrected chi connectivity index (χ3v) is 4.73. The van der Waals surface area contributed by atoms with Crippen molar-refractivity contribution in [3.8, 4) is 11.3 Å². The lowest BCUT2D eigenvalue weighted by molar-refractivity contribution is 0.169. The lowest BCUT2D eigenvalue weighted by Gasteiger charge is -2.33. The standard InChI is InChI=1S/C15H19FN4S/c1-2-14(20-5-3-17-4-6-20)15-19-13(10-21-15)11-7-12(16)9-18-8-11/h7-10,14,17H,2-6H2,1H3. The van der Waals surface area contributed by atoms with Gasteiger partial charge < -0.3 is 5.32 Å². The SMILES string of the molecule is CCC(c1nc(-c2cncc(F)c2)cs1)N1CCNCC1. The van der Waals surface area contributed by atoms with Gasteiger partial charge >= 0.3 is 0 Å². The minimum Gasteiger partial charge on any atom is -0.314 e. The van der Waals surface area contributed by atoms with Gasteiger partial charge in [-0.2, -0.15) is 0 Å². The average Bonchev–Trinajstić information content (AvgIpc) is 2.99. The number of pyridine rings is 1. The summed E-state index contributed by atoms with van der Waals surface area (Å²) in [4.78, 5) is 11.1. The lowest BCUT2D eigenvalue weighted by Crippen LogP contribution is -2.45. The molecule has 112 valence electrons. The van der Waals surface area contributed by atoms with Gasteiger partial charge in [0, 0.05) is 43.3 Å². The van der Waals surface area contributed by atoms with Crippen LogP contribution in [-0.4, -0.2) is 41.0 Å². The van der Waals surface area contributed by atoms with Gasteiger partial charge in [-0.1, -0.05) is 6.92 Å². The summed E-state index contributed by atoms with van der Waals surface area (Å²) in [6.45, 7) is 6.35. The van der Waals surface area contributed by atoms with E-state index in [4.69, 9.17) is 4.98 Å². The van der Waals surface area contributed by atoms with Crippen molar-refractivity contribution in [3.63, 3.8) is 0 Å². The normalized spacial score (nSPS) is 17.8. The van der Waals surface area contributed by atoms with E-state index in [0.29, 0.717) is 6.04 Å². The molecule has 0 spiro atoms. The Bertz CT molecular complexity index is 595. The molecule has 0 radical (unpaired) electrons. The molecule has 1 fully saturated rings. The molecule has 1 atom stereocenters. The smallest absolute Gasteiger partial charge is 0.142 e. The Morgan fingerprint density at radius 3 is 2.90 bits per heavy atom. The number of hydrogen-bond acceptors (Lipinski definition) is 5. The van der Waals surface area contributed by atoms with Crippen LogP contribution < -0.4 is 5.32 Å². The zero-order chi connectivity index (χ0) is 14.7. The molecule has 0 saturated carbocycles. The molecule has 3 rings (SSSR count). The molecule has 0 aromatic carbocycles. The minimum absolute atomic E-state index is 0.323. The Morgan fingerprint density at radius 2 is 2.19 bits per heavy atom. The molecule has 1 saturated heterocycles. The Morgan fingerprint density at radius 1 is 1.38 bits per heavy atom. The van der Waals surface area contributed by atoms with E-state index in [0.717, 1.165) is 48.9 Å². The first-order valence-electron chi connectivity index (χ1n) is 7.29. The maximum atomic E-state index is 13.3. The van der Waals surface area contributed by atoms with Crippen molar-refractivity contribution >= 4 is 11.3 Å². The van der Waals surface area contributed by atoms with Crippen LogP contribution in [0.15, 0.2) is 23.8 Å². The number of halogens is 1. The highest BCUT2D eigenvalue weighted by Gasteiger charge is 2.23. The molecule has 1 unspecified atom stereocenters. The number of hydrogen-bond donors (Lipinski definition) is 1. The van der Waals surface area contributed by atoms with Gasteiger partial charge in [-0.15, -0.1) is 11.3 Å². The van der Waals surface area contributed by atoms with Crippen molar-refractivity contribution in [1.82, 2.24) is 20.2 Å². The molecule has 2 aromatic rings. The number of thiazole rings is 1. The molecule has 1 aliphatic rings. The molecular weight excluding hydrogens is 287 g/mol. The first kappa shape index (κ1) is 14.6. The monoisotopic (exact) mass is 306 g/mol. The van der Waals surface area contributed by atoms with Crippen LogP contribution >= 0.6 is 11.3 Å². The molecule has 0 aliphatic carbocycles. The summed E-state index contributed by atoms with van der Waals surface area (Å²) < 4.78 is 13.3. The fourth-order valence-corrected chi connectivity index (χ4v) is 3.75. The Hall–Kier alpha value is -1.37. The molecule has 1 aliphatic heterocycles. The molecule has 6 heteroatoms. The predicted octanol–water partition coefficient (Wildman–Crippen LogP) is 2.70.